The highest BCUT2D eigenvalue weighted by Crippen LogP contribution is 2.21. The largest absolute Gasteiger partial charge is 0.383 e. The third-order valence-corrected chi connectivity index (χ3v) is 2.97. The molecule has 106 valence electrons. The first-order valence-electron chi connectivity index (χ1n) is 6.54. The van der Waals surface area contributed by atoms with E-state index in [1.807, 2.05) is 20.8 Å². The van der Waals surface area contributed by atoms with Crippen molar-refractivity contribution in [3.05, 3.63) is 28.8 Å². The van der Waals surface area contributed by atoms with E-state index in [2.05, 4.69) is 29.7 Å². The number of aryl methyl sites for hydroxylation is 3. The van der Waals surface area contributed by atoms with Gasteiger partial charge in [0.1, 0.15) is 0 Å². The van der Waals surface area contributed by atoms with Crippen molar-refractivity contribution in [2.45, 2.75) is 33.7 Å². The van der Waals surface area contributed by atoms with Crippen LogP contribution in [-0.4, -0.2) is 32.2 Å². The van der Waals surface area contributed by atoms with Gasteiger partial charge in [0, 0.05) is 18.8 Å². The van der Waals surface area contributed by atoms with Gasteiger partial charge in [0.05, 0.1) is 13.2 Å². The van der Waals surface area contributed by atoms with Gasteiger partial charge in [0.2, 0.25) is 5.91 Å². The number of methoxy groups -OCH3 is 1. The van der Waals surface area contributed by atoms with Crippen LogP contribution in [-0.2, 0) is 9.53 Å². The molecule has 0 bridgehead atoms. The monoisotopic (exact) mass is 264 g/mol. The van der Waals surface area contributed by atoms with Crippen LogP contribution in [0, 0.1) is 20.8 Å². The number of hydrogen-bond donors (Lipinski definition) is 2. The van der Waals surface area contributed by atoms with Gasteiger partial charge in [0.25, 0.3) is 0 Å². The van der Waals surface area contributed by atoms with E-state index in [9.17, 15) is 4.79 Å². The summed E-state index contributed by atoms with van der Waals surface area (Å²) in [7, 11) is 1.65. The summed E-state index contributed by atoms with van der Waals surface area (Å²) in [6.07, 6.45) is 0. The second kappa shape index (κ2) is 7.26. The Morgan fingerprint density at radius 3 is 2.37 bits per heavy atom. The number of anilines is 1. The maximum atomic E-state index is 11.9. The predicted molar refractivity (Wildman–Crippen MR) is 78.6 cm³/mol. The summed E-state index contributed by atoms with van der Waals surface area (Å²) in [5.74, 6) is -0.0296. The predicted octanol–water partition coefficient (Wildman–Crippen LogP) is 2.17. The molecule has 0 aliphatic heterocycles. The van der Waals surface area contributed by atoms with Crippen molar-refractivity contribution in [1.29, 1.82) is 0 Å². The molecular formula is C15H24N2O2. The maximum absolute atomic E-state index is 11.9. The molecule has 4 nitrogen and oxygen atoms in total. The van der Waals surface area contributed by atoms with E-state index in [0.717, 1.165) is 16.8 Å². The SMILES string of the molecule is COCC(C)NCC(=O)Nc1c(C)cc(C)cc1C. The number of carbonyl (C=O) groups excluding carboxylic acids is 1. The lowest BCUT2D eigenvalue weighted by atomic mass is 10.1. The van der Waals surface area contributed by atoms with Gasteiger partial charge < -0.3 is 15.4 Å². The average molecular weight is 264 g/mol. The maximum Gasteiger partial charge on any atom is 0.238 e. The van der Waals surface area contributed by atoms with Crippen molar-refractivity contribution in [1.82, 2.24) is 5.32 Å². The molecule has 19 heavy (non-hydrogen) atoms. The molecule has 0 aromatic heterocycles. The average Bonchev–Trinajstić information content (AvgIpc) is 2.31. The van der Waals surface area contributed by atoms with Gasteiger partial charge in [-0.3, -0.25) is 4.79 Å². The standard InChI is InChI=1S/C15H24N2O2/c1-10-6-11(2)15(12(3)7-10)17-14(18)8-16-13(4)9-19-5/h6-7,13,16H,8-9H2,1-5H3,(H,17,18). The zero-order valence-electron chi connectivity index (χ0n) is 12.5. The van der Waals surface area contributed by atoms with Gasteiger partial charge in [-0.2, -0.15) is 0 Å². The molecule has 0 aliphatic carbocycles. The zero-order chi connectivity index (χ0) is 14.4. The molecule has 0 saturated carbocycles. The molecule has 0 heterocycles. The number of ether oxygens (including phenoxy) is 1. The Morgan fingerprint density at radius 2 is 1.84 bits per heavy atom. The van der Waals surface area contributed by atoms with Crippen LogP contribution in [0.1, 0.15) is 23.6 Å². The van der Waals surface area contributed by atoms with Gasteiger partial charge in [-0.1, -0.05) is 17.7 Å². The van der Waals surface area contributed by atoms with Gasteiger partial charge in [0.15, 0.2) is 0 Å². The number of carbonyl (C=O) groups is 1. The molecule has 1 aromatic carbocycles. The summed E-state index contributed by atoms with van der Waals surface area (Å²) in [6.45, 7) is 8.94. The second-order valence-corrected chi connectivity index (χ2v) is 5.06. The van der Waals surface area contributed by atoms with Crippen LogP contribution >= 0.6 is 0 Å². The molecule has 2 N–H and O–H groups in total. The van der Waals surface area contributed by atoms with E-state index in [1.165, 1.54) is 5.56 Å². The fraction of sp³-hybridized carbons (Fsp3) is 0.533. The smallest absolute Gasteiger partial charge is 0.238 e. The third-order valence-electron chi connectivity index (χ3n) is 2.97. The highest BCUT2D eigenvalue weighted by Gasteiger charge is 2.09. The Bertz CT molecular complexity index is 421. The van der Waals surface area contributed by atoms with Crippen LogP contribution in [0.5, 0.6) is 0 Å². The van der Waals surface area contributed by atoms with Gasteiger partial charge >= 0.3 is 0 Å². The summed E-state index contributed by atoms with van der Waals surface area (Å²) < 4.78 is 5.01. The topological polar surface area (TPSA) is 50.4 Å². The molecule has 0 fully saturated rings. The van der Waals surface area contributed by atoms with Crippen molar-refractivity contribution in [2.24, 2.45) is 0 Å². The van der Waals surface area contributed by atoms with Crippen LogP contribution in [0.2, 0.25) is 0 Å². The van der Waals surface area contributed by atoms with Crippen LogP contribution in [0.15, 0.2) is 12.1 Å². The molecule has 1 rings (SSSR count). The van der Waals surface area contributed by atoms with E-state index in [4.69, 9.17) is 4.74 Å². The molecule has 1 atom stereocenters. The summed E-state index contributed by atoms with van der Waals surface area (Å²) in [6, 6.07) is 4.31. The highest BCUT2D eigenvalue weighted by molar-refractivity contribution is 5.93. The Labute approximate surface area is 115 Å². The first-order valence-corrected chi connectivity index (χ1v) is 6.54. The number of rotatable bonds is 6. The molecule has 4 heteroatoms. The summed E-state index contributed by atoms with van der Waals surface area (Å²) in [5.41, 5.74) is 4.31. The van der Waals surface area contributed by atoms with Crippen molar-refractivity contribution in [3.63, 3.8) is 0 Å². The number of amides is 1. The van der Waals surface area contributed by atoms with Crippen molar-refractivity contribution < 1.29 is 9.53 Å². The zero-order valence-corrected chi connectivity index (χ0v) is 12.5. The van der Waals surface area contributed by atoms with E-state index >= 15 is 0 Å². The van der Waals surface area contributed by atoms with E-state index < -0.39 is 0 Å². The molecular weight excluding hydrogens is 240 g/mol. The molecule has 1 unspecified atom stereocenters. The Morgan fingerprint density at radius 1 is 1.26 bits per heavy atom. The van der Waals surface area contributed by atoms with Crippen LogP contribution < -0.4 is 10.6 Å². The van der Waals surface area contributed by atoms with Crippen molar-refractivity contribution in [3.8, 4) is 0 Å². The number of hydrogen-bond acceptors (Lipinski definition) is 3. The molecule has 1 aromatic rings. The molecule has 0 aliphatic rings. The minimum Gasteiger partial charge on any atom is -0.383 e. The minimum atomic E-state index is -0.0296. The first kappa shape index (κ1) is 15.7. The molecule has 0 spiro atoms. The molecule has 0 saturated heterocycles. The quantitative estimate of drug-likeness (QED) is 0.828. The number of nitrogens with one attached hydrogen (secondary N) is 2. The van der Waals surface area contributed by atoms with Crippen molar-refractivity contribution >= 4 is 11.6 Å². The highest BCUT2D eigenvalue weighted by atomic mass is 16.5. The summed E-state index contributed by atoms with van der Waals surface area (Å²) in [4.78, 5) is 11.9. The van der Waals surface area contributed by atoms with Gasteiger partial charge in [-0.25, -0.2) is 0 Å². The van der Waals surface area contributed by atoms with Crippen LogP contribution in [0.4, 0.5) is 5.69 Å². The lowest BCUT2D eigenvalue weighted by Crippen LogP contribution is -2.37. The van der Waals surface area contributed by atoms with Crippen LogP contribution in [0.3, 0.4) is 0 Å². The fourth-order valence-electron chi connectivity index (χ4n) is 2.14. The lowest BCUT2D eigenvalue weighted by Gasteiger charge is -2.15. The van der Waals surface area contributed by atoms with E-state index in [0.29, 0.717) is 6.61 Å². The Balaban J connectivity index is 2.58. The van der Waals surface area contributed by atoms with Crippen molar-refractivity contribution in [2.75, 3.05) is 25.6 Å². The summed E-state index contributed by atoms with van der Waals surface area (Å²) in [5, 5.41) is 6.08. The van der Waals surface area contributed by atoms with Gasteiger partial charge in [-0.05, 0) is 38.8 Å². The normalized spacial score (nSPS) is 12.3. The third kappa shape index (κ3) is 5.01. The Kier molecular flexibility index (Phi) is 5.99. The Hall–Kier alpha value is -1.39. The lowest BCUT2D eigenvalue weighted by molar-refractivity contribution is -0.115. The fourth-order valence-corrected chi connectivity index (χ4v) is 2.14. The minimum absolute atomic E-state index is 0.0296. The van der Waals surface area contributed by atoms with Crippen LogP contribution in [0.25, 0.3) is 0 Å². The summed E-state index contributed by atoms with van der Waals surface area (Å²) >= 11 is 0. The first-order chi connectivity index (χ1) is 8.93. The van der Waals surface area contributed by atoms with E-state index in [-0.39, 0.29) is 18.5 Å². The molecule has 1 amide bonds. The molecule has 0 radical (unpaired) electrons. The van der Waals surface area contributed by atoms with Gasteiger partial charge in [-0.15, -0.1) is 0 Å². The number of benzene rings is 1. The van der Waals surface area contributed by atoms with E-state index in [1.54, 1.807) is 7.11 Å². The second-order valence-electron chi connectivity index (χ2n) is 5.06.